The van der Waals surface area contributed by atoms with Gasteiger partial charge in [0, 0.05) is 17.3 Å². The van der Waals surface area contributed by atoms with Crippen molar-refractivity contribution < 1.29 is 0 Å². The fourth-order valence-electron chi connectivity index (χ4n) is 3.52. The molecule has 0 N–H and O–H groups in total. The number of fused-ring (bicyclic) bond motifs is 2. The third-order valence-electron chi connectivity index (χ3n) is 4.89. The molecule has 0 fully saturated rings. The SMILES string of the molecule is C(=Nc1cccc2ccccc12)c1cccn1-c1ccc2ccccc2c1. The molecule has 0 amide bonds. The Hall–Kier alpha value is -3.65. The molecule has 0 bridgehead atoms. The van der Waals surface area contributed by atoms with Crippen molar-refractivity contribution in [3.05, 3.63) is 109 Å². The van der Waals surface area contributed by atoms with Crippen molar-refractivity contribution in [2.45, 2.75) is 0 Å². The van der Waals surface area contributed by atoms with Gasteiger partial charge < -0.3 is 4.57 Å². The van der Waals surface area contributed by atoms with Crippen LogP contribution in [0.1, 0.15) is 5.69 Å². The minimum Gasteiger partial charge on any atom is -0.316 e. The number of aliphatic imine (C=N–C) groups is 1. The highest BCUT2D eigenvalue weighted by molar-refractivity contribution is 5.95. The Kier molecular flexibility index (Phi) is 3.80. The first-order valence-corrected chi connectivity index (χ1v) is 9.07. The van der Waals surface area contributed by atoms with Crippen LogP contribution >= 0.6 is 0 Å². The van der Waals surface area contributed by atoms with E-state index < -0.39 is 0 Å². The van der Waals surface area contributed by atoms with Crippen LogP contribution in [0.3, 0.4) is 0 Å². The van der Waals surface area contributed by atoms with Crippen LogP contribution in [0.5, 0.6) is 0 Å². The van der Waals surface area contributed by atoms with Crippen molar-refractivity contribution in [2.24, 2.45) is 4.99 Å². The molecule has 0 aliphatic carbocycles. The zero-order valence-corrected chi connectivity index (χ0v) is 14.8. The summed E-state index contributed by atoms with van der Waals surface area (Å²) in [4.78, 5) is 4.78. The molecule has 5 rings (SSSR count). The third-order valence-corrected chi connectivity index (χ3v) is 4.89. The summed E-state index contributed by atoms with van der Waals surface area (Å²) < 4.78 is 2.17. The number of aromatic nitrogens is 1. The second-order valence-electron chi connectivity index (χ2n) is 6.59. The van der Waals surface area contributed by atoms with Crippen molar-refractivity contribution in [3.63, 3.8) is 0 Å². The van der Waals surface area contributed by atoms with Gasteiger partial charge in [0.05, 0.1) is 17.6 Å². The predicted molar refractivity (Wildman–Crippen MR) is 114 cm³/mol. The van der Waals surface area contributed by atoms with E-state index in [0.717, 1.165) is 17.1 Å². The molecule has 2 nitrogen and oxygen atoms in total. The molecular weight excluding hydrogens is 328 g/mol. The van der Waals surface area contributed by atoms with Crippen molar-refractivity contribution in [3.8, 4) is 5.69 Å². The van der Waals surface area contributed by atoms with Crippen molar-refractivity contribution in [1.29, 1.82) is 0 Å². The number of rotatable bonds is 3. The minimum atomic E-state index is 0.986. The maximum absolute atomic E-state index is 4.78. The molecule has 0 unspecified atom stereocenters. The summed E-state index contributed by atoms with van der Waals surface area (Å²) in [5.74, 6) is 0. The van der Waals surface area contributed by atoms with Gasteiger partial charge in [-0.25, -0.2) is 0 Å². The highest BCUT2D eigenvalue weighted by atomic mass is 15.0. The van der Waals surface area contributed by atoms with Crippen LogP contribution in [0.2, 0.25) is 0 Å². The van der Waals surface area contributed by atoms with Gasteiger partial charge in [-0.3, -0.25) is 4.99 Å². The van der Waals surface area contributed by atoms with Gasteiger partial charge in [0.25, 0.3) is 0 Å². The largest absolute Gasteiger partial charge is 0.316 e. The standard InChI is InChI=1S/C25H18N2/c1-2-9-21-17-22(15-14-19(21)7-1)27-16-6-11-23(27)18-26-25-13-5-10-20-8-3-4-12-24(20)25/h1-18H. The molecule has 0 saturated carbocycles. The summed E-state index contributed by atoms with van der Waals surface area (Å²) in [5, 5.41) is 4.86. The molecule has 128 valence electrons. The molecule has 0 aliphatic rings. The van der Waals surface area contributed by atoms with Gasteiger partial charge >= 0.3 is 0 Å². The summed E-state index contributed by atoms with van der Waals surface area (Å²) in [6.07, 6.45) is 4.02. The Morgan fingerprint density at radius 3 is 2.33 bits per heavy atom. The molecule has 0 saturated heterocycles. The van der Waals surface area contributed by atoms with Crippen LogP contribution in [-0.2, 0) is 0 Å². The van der Waals surface area contributed by atoms with Crippen LogP contribution in [0, 0.1) is 0 Å². The summed E-state index contributed by atoms with van der Waals surface area (Å²) in [5.41, 5.74) is 3.18. The monoisotopic (exact) mass is 346 g/mol. The lowest BCUT2D eigenvalue weighted by atomic mass is 10.1. The van der Waals surface area contributed by atoms with Gasteiger partial charge in [-0.05, 0) is 46.5 Å². The lowest BCUT2D eigenvalue weighted by Crippen LogP contribution is -1.97. The third kappa shape index (κ3) is 2.91. The average Bonchev–Trinajstić information content (AvgIpc) is 3.20. The van der Waals surface area contributed by atoms with E-state index in [-0.39, 0.29) is 0 Å². The number of hydrogen-bond donors (Lipinski definition) is 0. The van der Waals surface area contributed by atoms with Crippen LogP contribution < -0.4 is 0 Å². The van der Waals surface area contributed by atoms with Gasteiger partial charge in [0.15, 0.2) is 0 Å². The fraction of sp³-hybridized carbons (Fsp3) is 0. The average molecular weight is 346 g/mol. The first-order valence-electron chi connectivity index (χ1n) is 9.07. The lowest BCUT2D eigenvalue weighted by Gasteiger charge is -2.08. The van der Waals surface area contributed by atoms with Crippen molar-refractivity contribution in [1.82, 2.24) is 4.57 Å². The second-order valence-corrected chi connectivity index (χ2v) is 6.59. The van der Waals surface area contributed by atoms with Gasteiger partial charge in [-0.1, -0.05) is 66.7 Å². The van der Waals surface area contributed by atoms with Gasteiger partial charge in [-0.2, -0.15) is 0 Å². The molecule has 0 spiro atoms. The lowest BCUT2D eigenvalue weighted by molar-refractivity contribution is 1.07. The highest BCUT2D eigenvalue weighted by Crippen LogP contribution is 2.26. The van der Waals surface area contributed by atoms with E-state index in [1.807, 2.05) is 6.21 Å². The van der Waals surface area contributed by atoms with E-state index in [9.17, 15) is 0 Å². The Labute approximate surface area is 158 Å². The molecule has 1 heterocycles. The Balaban J connectivity index is 1.55. The van der Waals surface area contributed by atoms with E-state index in [0.29, 0.717) is 0 Å². The van der Waals surface area contributed by atoms with Crippen LogP contribution in [0.15, 0.2) is 108 Å². The molecule has 1 aromatic heterocycles. The summed E-state index contributed by atoms with van der Waals surface area (Å²) in [6, 6.07) is 33.7. The zero-order valence-electron chi connectivity index (χ0n) is 14.8. The molecule has 4 aromatic carbocycles. The van der Waals surface area contributed by atoms with Crippen LogP contribution in [-0.4, -0.2) is 10.8 Å². The summed E-state index contributed by atoms with van der Waals surface area (Å²) in [7, 11) is 0. The second kappa shape index (κ2) is 6.58. The Morgan fingerprint density at radius 1 is 0.630 bits per heavy atom. The molecular formula is C25H18N2. The van der Waals surface area contributed by atoms with E-state index in [2.05, 4.69) is 108 Å². The minimum absolute atomic E-state index is 0.986. The van der Waals surface area contributed by atoms with E-state index in [1.54, 1.807) is 0 Å². The van der Waals surface area contributed by atoms with E-state index >= 15 is 0 Å². The van der Waals surface area contributed by atoms with Crippen LogP contribution in [0.25, 0.3) is 27.2 Å². The summed E-state index contributed by atoms with van der Waals surface area (Å²) in [6.45, 7) is 0. The maximum Gasteiger partial charge on any atom is 0.0708 e. The molecule has 27 heavy (non-hydrogen) atoms. The Bertz CT molecular complexity index is 1270. The van der Waals surface area contributed by atoms with Crippen LogP contribution in [0.4, 0.5) is 5.69 Å². The van der Waals surface area contributed by atoms with Gasteiger partial charge in [0.1, 0.15) is 0 Å². The number of nitrogens with zero attached hydrogens (tertiary/aromatic N) is 2. The first kappa shape index (κ1) is 15.6. The van der Waals surface area contributed by atoms with Gasteiger partial charge in [0.2, 0.25) is 0 Å². The summed E-state index contributed by atoms with van der Waals surface area (Å²) >= 11 is 0. The normalized spacial score (nSPS) is 11.6. The smallest absolute Gasteiger partial charge is 0.0708 e. The zero-order chi connectivity index (χ0) is 18.1. The van der Waals surface area contributed by atoms with Crippen molar-refractivity contribution >= 4 is 33.4 Å². The highest BCUT2D eigenvalue weighted by Gasteiger charge is 2.03. The Morgan fingerprint density at radius 2 is 1.41 bits per heavy atom. The topological polar surface area (TPSA) is 17.3 Å². The van der Waals surface area contributed by atoms with E-state index in [1.165, 1.54) is 21.5 Å². The maximum atomic E-state index is 4.78. The number of benzene rings is 4. The molecule has 0 aliphatic heterocycles. The number of hydrogen-bond acceptors (Lipinski definition) is 1. The molecule has 0 radical (unpaired) electrons. The molecule has 5 aromatic rings. The quantitative estimate of drug-likeness (QED) is 0.330. The first-order chi connectivity index (χ1) is 13.4. The predicted octanol–water partition coefficient (Wildman–Crippen LogP) is 6.53. The molecule has 2 heteroatoms. The van der Waals surface area contributed by atoms with Gasteiger partial charge in [-0.15, -0.1) is 0 Å². The van der Waals surface area contributed by atoms with E-state index in [4.69, 9.17) is 4.99 Å². The van der Waals surface area contributed by atoms with Crippen molar-refractivity contribution in [2.75, 3.05) is 0 Å². The molecule has 0 atom stereocenters. The fourth-order valence-corrected chi connectivity index (χ4v) is 3.52.